The average molecular weight is 426 g/mol. The van der Waals surface area contributed by atoms with Gasteiger partial charge in [-0.2, -0.15) is 5.10 Å². The van der Waals surface area contributed by atoms with E-state index in [2.05, 4.69) is 14.9 Å². The molecule has 0 saturated carbocycles. The Kier molecular flexibility index (Phi) is 5.34. The Morgan fingerprint density at radius 2 is 1.83 bits per heavy atom. The third kappa shape index (κ3) is 3.82. The van der Waals surface area contributed by atoms with E-state index in [0.717, 1.165) is 30.4 Å². The zero-order valence-electron chi connectivity index (χ0n) is 16.9. The van der Waals surface area contributed by atoms with Gasteiger partial charge in [0.2, 0.25) is 0 Å². The van der Waals surface area contributed by atoms with Crippen LogP contribution in [-0.2, 0) is 22.9 Å². The van der Waals surface area contributed by atoms with Crippen LogP contribution in [-0.4, -0.2) is 25.7 Å². The second kappa shape index (κ2) is 7.95. The Balaban J connectivity index is 1.76. The van der Waals surface area contributed by atoms with Crippen molar-refractivity contribution in [1.82, 2.24) is 10.2 Å². The number of rotatable bonds is 5. The molecule has 0 atom stereocenters. The Hall–Kier alpha value is -3.13. The number of methoxy groups -OCH3 is 1. The molecule has 156 valence electrons. The first-order chi connectivity index (χ1) is 14.4. The van der Waals surface area contributed by atoms with Crippen molar-refractivity contribution >= 4 is 15.7 Å². The molecule has 1 aliphatic carbocycles. The summed E-state index contributed by atoms with van der Waals surface area (Å²) in [5.74, 6) is 0.560. The van der Waals surface area contributed by atoms with Crippen molar-refractivity contribution in [3.63, 3.8) is 0 Å². The van der Waals surface area contributed by atoms with Crippen molar-refractivity contribution in [2.45, 2.75) is 37.5 Å². The average Bonchev–Trinajstić information content (AvgIpc) is 2.74. The highest BCUT2D eigenvalue weighted by Crippen LogP contribution is 2.31. The maximum absolute atomic E-state index is 13.1. The number of benzene rings is 2. The number of ether oxygens (including phenoxy) is 1. The van der Waals surface area contributed by atoms with E-state index in [1.807, 2.05) is 6.07 Å². The molecule has 0 saturated heterocycles. The number of hydrogen-bond acceptors (Lipinski definition) is 5. The van der Waals surface area contributed by atoms with Crippen LogP contribution in [0, 0.1) is 6.92 Å². The van der Waals surface area contributed by atoms with Crippen molar-refractivity contribution < 1.29 is 13.2 Å². The highest BCUT2D eigenvalue weighted by molar-refractivity contribution is 7.92. The fourth-order valence-corrected chi connectivity index (χ4v) is 5.15. The van der Waals surface area contributed by atoms with Gasteiger partial charge in [0.25, 0.3) is 15.6 Å². The molecule has 8 heteroatoms. The van der Waals surface area contributed by atoms with Crippen LogP contribution in [0.5, 0.6) is 5.75 Å². The zero-order chi connectivity index (χ0) is 21.3. The SMILES string of the molecule is COc1cccc(NS(=O)(=O)c2cc(-c3n[nH]c(=O)c4c3CCCC4)ccc2C)c1. The molecule has 3 aromatic rings. The number of fused-ring (bicyclic) bond motifs is 1. The molecule has 0 aliphatic heterocycles. The Labute approximate surface area is 175 Å². The molecule has 0 spiro atoms. The maximum Gasteiger partial charge on any atom is 0.267 e. The van der Waals surface area contributed by atoms with Gasteiger partial charge in [-0.25, -0.2) is 13.5 Å². The minimum atomic E-state index is -3.83. The summed E-state index contributed by atoms with van der Waals surface area (Å²) in [6.07, 6.45) is 3.44. The Morgan fingerprint density at radius 3 is 2.60 bits per heavy atom. The largest absolute Gasteiger partial charge is 0.497 e. The lowest BCUT2D eigenvalue weighted by Gasteiger charge is -2.18. The lowest BCUT2D eigenvalue weighted by Crippen LogP contribution is -2.21. The predicted octanol–water partition coefficient (Wildman–Crippen LogP) is 3.43. The molecule has 2 N–H and O–H groups in total. The van der Waals surface area contributed by atoms with E-state index >= 15 is 0 Å². The summed E-state index contributed by atoms with van der Waals surface area (Å²) >= 11 is 0. The van der Waals surface area contributed by atoms with Crippen LogP contribution < -0.4 is 15.0 Å². The van der Waals surface area contributed by atoms with Crippen molar-refractivity contribution in [3.05, 3.63) is 69.5 Å². The first-order valence-electron chi connectivity index (χ1n) is 9.77. The van der Waals surface area contributed by atoms with E-state index in [4.69, 9.17) is 4.74 Å². The maximum atomic E-state index is 13.1. The Morgan fingerprint density at radius 1 is 1.07 bits per heavy atom. The zero-order valence-corrected chi connectivity index (χ0v) is 17.7. The van der Waals surface area contributed by atoms with Crippen LogP contribution >= 0.6 is 0 Å². The minimum absolute atomic E-state index is 0.159. The third-order valence-electron chi connectivity index (χ3n) is 5.37. The predicted molar refractivity (Wildman–Crippen MR) is 115 cm³/mol. The molecule has 4 rings (SSSR count). The van der Waals surface area contributed by atoms with Gasteiger partial charge in [-0.1, -0.05) is 18.2 Å². The van der Waals surface area contributed by atoms with Gasteiger partial charge in [-0.05, 0) is 61.9 Å². The lowest BCUT2D eigenvalue weighted by molar-refractivity contribution is 0.415. The second-order valence-corrected chi connectivity index (χ2v) is 9.03. The van der Waals surface area contributed by atoms with Crippen molar-refractivity contribution in [2.75, 3.05) is 11.8 Å². The van der Waals surface area contributed by atoms with E-state index in [1.165, 1.54) is 7.11 Å². The van der Waals surface area contributed by atoms with Gasteiger partial charge in [0.15, 0.2) is 0 Å². The van der Waals surface area contributed by atoms with Gasteiger partial charge in [-0.3, -0.25) is 9.52 Å². The molecule has 2 aromatic carbocycles. The van der Waals surface area contributed by atoms with E-state index in [1.54, 1.807) is 43.3 Å². The number of nitrogens with zero attached hydrogens (tertiary/aromatic N) is 1. The molecule has 7 nitrogen and oxygen atoms in total. The van der Waals surface area contributed by atoms with Gasteiger partial charge in [0.05, 0.1) is 23.4 Å². The van der Waals surface area contributed by atoms with Crippen molar-refractivity contribution in [1.29, 1.82) is 0 Å². The van der Waals surface area contributed by atoms with Crippen LogP contribution in [0.15, 0.2) is 52.2 Å². The van der Waals surface area contributed by atoms with Gasteiger partial charge in [0, 0.05) is 17.2 Å². The van der Waals surface area contributed by atoms with Gasteiger partial charge >= 0.3 is 0 Å². The van der Waals surface area contributed by atoms with Crippen molar-refractivity contribution in [3.8, 4) is 17.0 Å². The lowest BCUT2D eigenvalue weighted by atomic mass is 9.90. The number of anilines is 1. The standard InChI is InChI=1S/C22H23N3O4S/c1-14-10-11-15(21-18-8-3-4-9-19(18)22(26)24-23-21)12-20(14)30(27,28)25-16-6-5-7-17(13-16)29-2/h5-7,10-13,25H,3-4,8-9H2,1-2H3,(H,24,26). The van der Waals surface area contributed by atoms with Crippen molar-refractivity contribution in [2.24, 2.45) is 0 Å². The number of H-pyrrole nitrogens is 1. The van der Waals surface area contributed by atoms with E-state index in [-0.39, 0.29) is 10.5 Å². The summed E-state index contributed by atoms with van der Waals surface area (Å²) < 4.78 is 34.0. The normalized spacial score (nSPS) is 13.5. The molecule has 0 unspecified atom stereocenters. The number of aryl methyl sites for hydroxylation is 1. The number of aromatic nitrogens is 2. The summed E-state index contributed by atoms with van der Waals surface area (Å²) in [5, 5.41) is 6.82. The van der Waals surface area contributed by atoms with Gasteiger partial charge < -0.3 is 4.74 Å². The molecule has 1 heterocycles. The molecule has 30 heavy (non-hydrogen) atoms. The number of sulfonamides is 1. The molecule has 1 aromatic heterocycles. The molecule has 0 amide bonds. The number of aromatic amines is 1. The summed E-state index contributed by atoms with van der Waals surface area (Å²) in [6.45, 7) is 1.75. The van der Waals surface area contributed by atoms with Crippen LogP contribution in [0.4, 0.5) is 5.69 Å². The summed E-state index contributed by atoms with van der Waals surface area (Å²) in [7, 11) is -2.31. The highest BCUT2D eigenvalue weighted by atomic mass is 32.2. The fraction of sp³-hybridized carbons (Fsp3) is 0.273. The van der Waals surface area contributed by atoms with Gasteiger partial charge in [-0.15, -0.1) is 0 Å². The smallest absolute Gasteiger partial charge is 0.267 e. The van der Waals surface area contributed by atoms with E-state index in [9.17, 15) is 13.2 Å². The number of nitrogens with one attached hydrogen (secondary N) is 2. The molecular weight excluding hydrogens is 402 g/mol. The summed E-state index contributed by atoms with van der Waals surface area (Å²) in [5.41, 5.74) is 3.85. The minimum Gasteiger partial charge on any atom is -0.497 e. The number of hydrogen-bond donors (Lipinski definition) is 2. The Bertz CT molecular complexity index is 1270. The first-order valence-corrected chi connectivity index (χ1v) is 11.3. The fourth-order valence-electron chi connectivity index (χ4n) is 3.83. The highest BCUT2D eigenvalue weighted by Gasteiger charge is 2.22. The third-order valence-corrected chi connectivity index (χ3v) is 6.89. The first kappa shape index (κ1) is 20.2. The summed E-state index contributed by atoms with van der Waals surface area (Å²) in [6, 6.07) is 12.0. The topological polar surface area (TPSA) is 101 Å². The second-order valence-electron chi connectivity index (χ2n) is 7.38. The van der Waals surface area contributed by atoms with Crippen LogP contribution in [0.1, 0.15) is 29.5 Å². The van der Waals surface area contributed by atoms with E-state index < -0.39 is 10.0 Å². The van der Waals surface area contributed by atoms with Crippen LogP contribution in [0.3, 0.4) is 0 Å². The molecule has 0 fully saturated rings. The van der Waals surface area contributed by atoms with Gasteiger partial charge in [0.1, 0.15) is 5.75 Å². The monoisotopic (exact) mass is 425 g/mol. The summed E-state index contributed by atoms with van der Waals surface area (Å²) in [4.78, 5) is 12.3. The molecule has 0 radical (unpaired) electrons. The molecule has 1 aliphatic rings. The quantitative estimate of drug-likeness (QED) is 0.652. The van der Waals surface area contributed by atoms with Crippen LogP contribution in [0.2, 0.25) is 0 Å². The van der Waals surface area contributed by atoms with E-state index in [0.29, 0.717) is 34.7 Å². The van der Waals surface area contributed by atoms with Crippen LogP contribution in [0.25, 0.3) is 11.3 Å². The molecular formula is C22H23N3O4S. The molecule has 0 bridgehead atoms.